The van der Waals surface area contributed by atoms with Crippen molar-refractivity contribution < 1.29 is 8.42 Å². The van der Waals surface area contributed by atoms with E-state index in [1.165, 1.54) is 25.7 Å². The minimum Gasteiger partial charge on any atom is -0.313 e. The van der Waals surface area contributed by atoms with Gasteiger partial charge in [0.25, 0.3) is 0 Å². The molecule has 1 aliphatic rings. The first-order valence-electron chi connectivity index (χ1n) is 6.86. The zero-order valence-corrected chi connectivity index (χ0v) is 12.2. The summed E-state index contributed by atoms with van der Waals surface area (Å²) in [5.74, 6) is 2.15. The maximum atomic E-state index is 11.5. The fraction of sp³-hybridized carbons (Fsp3) is 1.00. The number of rotatable bonds is 6. The quantitative estimate of drug-likeness (QED) is 0.797. The molecule has 0 spiro atoms. The highest BCUT2D eigenvalue weighted by atomic mass is 32.2. The highest BCUT2D eigenvalue weighted by Gasteiger charge is 2.19. The van der Waals surface area contributed by atoms with Gasteiger partial charge < -0.3 is 5.32 Å². The molecule has 0 aromatic carbocycles. The average Bonchev–Trinajstić information content (AvgIpc) is 2.28. The summed E-state index contributed by atoms with van der Waals surface area (Å²) in [5.41, 5.74) is 0. The van der Waals surface area contributed by atoms with Crippen molar-refractivity contribution in [1.29, 1.82) is 0 Å². The second kappa shape index (κ2) is 6.74. The SMILES string of the molecule is CCS(=O)(=O)C[C@@H](C)NCC1CCC(C)CC1. The van der Waals surface area contributed by atoms with Gasteiger partial charge in [0.1, 0.15) is 0 Å². The van der Waals surface area contributed by atoms with Crippen LogP contribution < -0.4 is 5.32 Å². The van der Waals surface area contributed by atoms with Crippen molar-refractivity contribution in [3.63, 3.8) is 0 Å². The van der Waals surface area contributed by atoms with Crippen molar-refractivity contribution in [2.75, 3.05) is 18.1 Å². The number of sulfone groups is 1. The summed E-state index contributed by atoms with van der Waals surface area (Å²) in [6, 6.07) is 0.0827. The van der Waals surface area contributed by atoms with Gasteiger partial charge in [-0.1, -0.05) is 26.7 Å². The lowest BCUT2D eigenvalue weighted by atomic mass is 9.83. The standard InChI is InChI=1S/C13H27NO2S/c1-4-17(15,16)10-12(3)14-9-13-7-5-11(2)6-8-13/h11-14H,4-10H2,1-3H3/t11?,12-,13?/m1/s1. The summed E-state index contributed by atoms with van der Waals surface area (Å²) < 4.78 is 22.9. The van der Waals surface area contributed by atoms with E-state index in [-0.39, 0.29) is 17.5 Å². The van der Waals surface area contributed by atoms with Crippen molar-refractivity contribution in [1.82, 2.24) is 5.32 Å². The first kappa shape index (κ1) is 15.0. The van der Waals surface area contributed by atoms with Gasteiger partial charge in [-0.3, -0.25) is 0 Å². The summed E-state index contributed by atoms with van der Waals surface area (Å²) in [4.78, 5) is 0. The molecule has 0 amide bonds. The van der Waals surface area contributed by atoms with Crippen LogP contribution in [0.25, 0.3) is 0 Å². The Labute approximate surface area is 106 Å². The van der Waals surface area contributed by atoms with Gasteiger partial charge in [0.05, 0.1) is 5.75 Å². The summed E-state index contributed by atoms with van der Waals surface area (Å²) >= 11 is 0. The number of hydrogen-bond donors (Lipinski definition) is 1. The Morgan fingerprint density at radius 3 is 2.35 bits per heavy atom. The molecule has 0 aliphatic heterocycles. The Balaban J connectivity index is 2.22. The molecule has 1 rings (SSSR count). The Kier molecular flexibility index (Phi) is 5.93. The van der Waals surface area contributed by atoms with E-state index < -0.39 is 9.84 Å². The molecular weight excluding hydrogens is 234 g/mol. The van der Waals surface area contributed by atoms with Crippen LogP contribution in [0.2, 0.25) is 0 Å². The van der Waals surface area contributed by atoms with E-state index in [1.807, 2.05) is 6.92 Å². The third-order valence-corrected chi connectivity index (χ3v) is 5.72. The third kappa shape index (κ3) is 5.87. The van der Waals surface area contributed by atoms with Gasteiger partial charge in [-0.25, -0.2) is 8.42 Å². The minimum atomic E-state index is -2.84. The van der Waals surface area contributed by atoms with Gasteiger partial charge in [0, 0.05) is 11.8 Å². The fourth-order valence-corrected chi connectivity index (χ4v) is 3.57. The smallest absolute Gasteiger partial charge is 0.151 e. The first-order valence-corrected chi connectivity index (χ1v) is 8.69. The summed E-state index contributed by atoms with van der Waals surface area (Å²) in [6.45, 7) is 6.98. The molecule has 0 aromatic rings. The van der Waals surface area contributed by atoms with E-state index in [0.29, 0.717) is 0 Å². The molecule has 4 heteroatoms. The molecular formula is C13H27NO2S. The Morgan fingerprint density at radius 1 is 1.24 bits per heavy atom. The summed E-state index contributed by atoms with van der Waals surface area (Å²) in [6.07, 6.45) is 5.24. The molecule has 102 valence electrons. The molecule has 1 atom stereocenters. The Hall–Kier alpha value is -0.0900. The summed E-state index contributed by atoms with van der Waals surface area (Å²) in [5, 5.41) is 3.38. The number of nitrogens with one attached hydrogen (secondary N) is 1. The molecule has 0 saturated heterocycles. The van der Waals surface area contributed by atoms with E-state index in [4.69, 9.17) is 0 Å². The highest BCUT2D eigenvalue weighted by molar-refractivity contribution is 7.91. The third-order valence-electron chi connectivity index (χ3n) is 3.83. The van der Waals surface area contributed by atoms with Gasteiger partial charge in [0.2, 0.25) is 0 Å². The highest BCUT2D eigenvalue weighted by Crippen LogP contribution is 2.27. The van der Waals surface area contributed by atoms with Crippen LogP contribution in [0, 0.1) is 11.8 Å². The molecule has 17 heavy (non-hydrogen) atoms. The predicted molar refractivity (Wildman–Crippen MR) is 72.9 cm³/mol. The Morgan fingerprint density at radius 2 is 1.82 bits per heavy atom. The van der Waals surface area contributed by atoms with Crippen LogP contribution in [0.5, 0.6) is 0 Å². The Bertz CT molecular complexity index is 305. The largest absolute Gasteiger partial charge is 0.313 e. The van der Waals surface area contributed by atoms with Gasteiger partial charge in [-0.05, 0) is 38.1 Å². The van der Waals surface area contributed by atoms with Crippen LogP contribution in [0.1, 0.15) is 46.5 Å². The van der Waals surface area contributed by atoms with E-state index in [2.05, 4.69) is 12.2 Å². The molecule has 0 bridgehead atoms. The minimum absolute atomic E-state index is 0.0827. The van der Waals surface area contributed by atoms with Crippen LogP contribution in [0.3, 0.4) is 0 Å². The van der Waals surface area contributed by atoms with Crippen molar-refractivity contribution in [3.05, 3.63) is 0 Å². The molecule has 1 N–H and O–H groups in total. The average molecular weight is 261 g/mol. The van der Waals surface area contributed by atoms with Crippen LogP contribution >= 0.6 is 0 Å². The molecule has 0 radical (unpaired) electrons. The normalized spacial score (nSPS) is 27.9. The zero-order valence-electron chi connectivity index (χ0n) is 11.4. The molecule has 0 heterocycles. The number of hydrogen-bond acceptors (Lipinski definition) is 3. The lowest BCUT2D eigenvalue weighted by Gasteiger charge is -2.27. The first-order chi connectivity index (χ1) is 7.93. The van der Waals surface area contributed by atoms with Crippen LogP contribution in [-0.2, 0) is 9.84 Å². The van der Waals surface area contributed by atoms with Crippen molar-refractivity contribution in [2.45, 2.75) is 52.5 Å². The zero-order chi connectivity index (χ0) is 12.9. The van der Waals surface area contributed by atoms with Crippen LogP contribution in [0.4, 0.5) is 0 Å². The summed E-state index contributed by atoms with van der Waals surface area (Å²) in [7, 11) is -2.84. The van der Waals surface area contributed by atoms with Gasteiger partial charge in [0.15, 0.2) is 9.84 Å². The predicted octanol–water partition coefficient (Wildman–Crippen LogP) is 2.23. The topological polar surface area (TPSA) is 46.2 Å². The fourth-order valence-electron chi connectivity index (χ4n) is 2.46. The monoisotopic (exact) mass is 261 g/mol. The molecule has 1 saturated carbocycles. The lowest BCUT2D eigenvalue weighted by molar-refractivity contribution is 0.277. The van der Waals surface area contributed by atoms with E-state index in [0.717, 1.165) is 18.4 Å². The molecule has 1 aliphatic carbocycles. The van der Waals surface area contributed by atoms with E-state index in [1.54, 1.807) is 6.92 Å². The molecule has 3 nitrogen and oxygen atoms in total. The van der Waals surface area contributed by atoms with Crippen molar-refractivity contribution >= 4 is 9.84 Å². The maximum Gasteiger partial charge on any atom is 0.151 e. The van der Waals surface area contributed by atoms with Crippen LogP contribution in [0.15, 0.2) is 0 Å². The molecule has 0 unspecified atom stereocenters. The van der Waals surface area contributed by atoms with Gasteiger partial charge >= 0.3 is 0 Å². The van der Waals surface area contributed by atoms with E-state index >= 15 is 0 Å². The van der Waals surface area contributed by atoms with Gasteiger partial charge in [-0.15, -0.1) is 0 Å². The second-order valence-electron chi connectivity index (χ2n) is 5.63. The molecule has 0 aromatic heterocycles. The maximum absolute atomic E-state index is 11.5. The lowest BCUT2D eigenvalue weighted by Crippen LogP contribution is -2.37. The second-order valence-corrected chi connectivity index (χ2v) is 8.03. The van der Waals surface area contributed by atoms with Crippen molar-refractivity contribution in [3.8, 4) is 0 Å². The van der Waals surface area contributed by atoms with E-state index in [9.17, 15) is 8.42 Å². The van der Waals surface area contributed by atoms with Crippen LogP contribution in [-0.4, -0.2) is 32.5 Å². The van der Waals surface area contributed by atoms with Crippen molar-refractivity contribution in [2.24, 2.45) is 11.8 Å². The molecule has 1 fully saturated rings. The van der Waals surface area contributed by atoms with Gasteiger partial charge in [-0.2, -0.15) is 0 Å².